The van der Waals surface area contributed by atoms with E-state index < -0.39 is 16.8 Å². The highest BCUT2D eigenvalue weighted by Crippen LogP contribution is 2.46. The van der Waals surface area contributed by atoms with Crippen LogP contribution in [0.2, 0.25) is 0 Å². The minimum atomic E-state index is -1.52. The first kappa shape index (κ1) is 27.6. The summed E-state index contributed by atoms with van der Waals surface area (Å²) in [6.07, 6.45) is 2.31. The summed E-state index contributed by atoms with van der Waals surface area (Å²) in [5, 5.41) is 14.3. The Bertz CT molecular complexity index is 1450. The van der Waals surface area contributed by atoms with Gasteiger partial charge in [-0.05, 0) is 81.6 Å². The Balaban J connectivity index is 1.44. The van der Waals surface area contributed by atoms with Crippen LogP contribution in [-0.4, -0.2) is 48.6 Å². The molecule has 3 aromatic rings. The quantitative estimate of drug-likeness (QED) is 0.354. The lowest BCUT2D eigenvalue weighted by molar-refractivity contribution is -0.126. The number of fused-ring (bicyclic) bond motifs is 1. The average molecular weight is 549 g/mol. The number of methoxy groups -OCH3 is 1. The van der Waals surface area contributed by atoms with E-state index in [1.807, 2.05) is 0 Å². The first-order valence-electron chi connectivity index (χ1n) is 13.3. The zero-order valence-electron chi connectivity index (χ0n) is 23.0. The molecular formula is C31H33FN2O6. The van der Waals surface area contributed by atoms with Crippen LogP contribution in [0.5, 0.6) is 17.2 Å². The molecule has 2 heterocycles. The van der Waals surface area contributed by atoms with E-state index >= 15 is 0 Å². The SMILES string of the molecule is CNC(=O)[C@@]1(C)COc2c1cc([C@@](C)(O)CCC(=O)c1ccc(OC3CC3)c(OC)c1)nc2-c1ccc(F)cc1. The lowest BCUT2D eigenvalue weighted by Crippen LogP contribution is -2.42. The predicted octanol–water partition coefficient (Wildman–Crippen LogP) is 4.70. The number of Topliss-reactive ketones (excluding diaryl/α,β-unsaturated/α-hetero) is 1. The standard InChI is InChI=1S/C31H33FN2O6/c1-30(29(36)33-3)17-39-28-22(30)16-26(34-27(28)18-5-8-20(32)9-6-18)31(2,37)14-13-23(35)19-7-12-24(25(15-19)38-4)40-21-10-11-21/h5-9,12,15-16,21,37H,10-11,13-14,17H2,1-4H3,(H,33,36)/t30-,31-/m0/s1. The molecule has 2 N–H and O–H groups in total. The van der Waals surface area contributed by atoms with Crippen LogP contribution in [0.4, 0.5) is 4.39 Å². The fourth-order valence-corrected chi connectivity index (χ4v) is 4.86. The topological polar surface area (TPSA) is 107 Å². The zero-order chi connectivity index (χ0) is 28.7. The lowest BCUT2D eigenvalue weighted by atomic mass is 9.81. The number of likely N-dealkylation sites (N-methyl/N-ethyl adjacent to an activating group) is 1. The molecule has 1 fully saturated rings. The number of ketones is 1. The van der Waals surface area contributed by atoms with Gasteiger partial charge < -0.3 is 24.6 Å². The second kappa shape index (κ2) is 10.5. The van der Waals surface area contributed by atoms with Crippen molar-refractivity contribution >= 4 is 11.7 Å². The molecule has 5 rings (SSSR count). The molecule has 1 saturated carbocycles. The van der Waals surface area contributed by atoms with Crippen LogP contribution in [-0.2, 0) is 15.8 Å². The molecule has 1 aromatic heterocycles. The number of nitrogens with one attached hydrogen (secondary N) is 1. The number of aliphatic hydroxyl groups is 1. The third-order valence-electron chi connectivity index (χ3n) is 7.61. The van der Waals surface area contributed by atoms with Crippen LogP contribution in [0.1, 0.15) is 61.1 Å². The number of hydrogen-bond donors (Lipinski definition) is 2. The Kier molecular flexibility index (Phi) is 7.27. The summed E-state index contributed by atoms with van der Waals surface area (Å²) in [6.45, 7) is 3.44. The second-order valence-electron chi connectivity index (χ2n) is 10.8. The number of amides is 1. The number of benzene rings is 2. The monoisotopic (exact) mass is 548 g/mol. The van der Waals surface area contributed by atoms with Crippen molar-refractivity contribution in [2.24, 2.45) is 0 Å². The van der Waals surface area contributed by atoms with Crippen molar-refractivity contribution in [2.75, 3.05) is 20.8 Å². The van der Waals surface area contributed by atoms with Gasteiger partial charge >= 0.3 is 0 Å². The Hall–Kier alpha value is -3.98. The Morgan fingerprint density at radius 1 is 1.18 bits per heavy atom. The lowest BCUT2D eigenvalue weighted by Gasteiger charge is -2.26. The largest absolute Gasteiger partial charge is 0.493 e. The molecule has 1 aliphatic heterocycles. The van der Waals surface area contributed by atoms with Gasteiger partial charge in [-0.3, -0.25) is 9.59 Å². The minimum Gasteiger partial charge on any atom is -0.493 e. The van der Waals surface area contributed by atoms with Gasteiger partial charge in [-0.1, -0.05) is 0 Å². The van der Waals surface area contributed by atoms with E-state index in [0.29, 0.717) is 39.6 Å². The molecular weight excluding hydrogens is 515 g/mol. The fourth-order valence-electron chi connectivity index (χ4n) is 4.86. The molecule has 0 saturated heterocycles. The van der Waals surface area contributed by atoms with E-state index in [1.54, 1.807) is 57.3 Å². The van der Waals surface area contributed by atoms with Gasteiger partial charge in [-0.15, -0.1) is 0 Å². The highest BCUT2D eigenvalue weighted by Gasteiger charge is 2.45. The number of rotatable bonds is 10. The van der Waals surface area contributed by atoms with Crippen LogP contribution < -0.4 is 19.5 Å². The number of carbonyl (C=O) groups excluding carboxylic acids is 2. The summed E-state index contributed by atoms with van der Waals surface area (Å²) in [4.78, 5) is 30.7. The van der Waals surface area contributed by atoms with Gasteiger partial charge in [0.25, 0.3) is 0 Å². The summed E-state index contributed by atoms with van der Waals surface area (Å²) < 4.78 is 30.9. The van der Waals surface area contributed by atoms with Crippen LogP contribution in [0.15, 0.2) is 48.5 Å². The Morgan fingerprint density at radius 3 is 2.55 bits per heavy atom. The van der Waals surface area contributed by atoms with Crippen molar-refractivity contribution in [1.29, 1.82) is 0 Å². The van der Waals surface area contributed by atoms with Crippen LogP contribution in [0, 0.1) is 5.82 Å². The smallest absolute Gasteiger partial charge is 0.233 e. The van der Waals surface area contributed by atoms with Gasteiger partial charge in [-0.25, -0.2) is 9.37 Å². The molecule has 2 aliphatic rings. The van der Waals surface area contributed by atoms with E-state index in [9.17, 15) is 19.1 Å². The first-order valence-corrected chi connectivity index (χ1v) is 13.3. The normalized spacial score (nSPS) is 19.2. The third-order valence-corrected chi connectivity index (χ3v) is 7.61. The van der Waals surface area contributed by atoms with Gasteiger partial charge in [0, 0.05) is 30.2 Å². The molecule has 0 unspecified atom stereocenters. The summed E-state index contributed by atoms with van der Waals surface area (Å²) >= 11 is 0. The summed E-state index contributed by atoms with van der Waals surface area (Å²) in [5.41, 5.74) is -0.279. The molecule has 210 valence electrons. The molecule has 1 aliphatic carbocycles. The molecule has 0 bridgehead atoms. The van der Waals surface area contributed by atoms with E-state index in [1.165, 1.54) is 19.2 Å². The van der Waals surface area contributed by atoms with Crippen LogP contribution in [0.3, 0.4) is 0 Å². The van der Waals surface area contributed by atoms with Gasteiger partial charge in [0.15, 0.2) is 17.3 Å². The maximum atomic E-state index is 13.7. The van der Waals surface area contributed by atoms with Crippen molar-refractivity contribution in [1.82, 2.24) is 10.3 Å². The van der Waals surface area contributed by atoms with Crippen LogP contribution >= 0.6 is 0 Å². The highest BCUT2D eigenvalue weighted by molar-refractivity contribution is 5.96. The van der Waals surface area contributed by atoms with Crippen molar-refractivity contribution < 1.29 is 33.3 Å². The van der Waals surface area contributed by atoms with Crippen molar-refractivity contribution in [3.05, 3.63) is 71.2 Å². The van der Waals surface area contributed by atoms with Gasteiger partial charge in [0.05, 0.1) is 18.9 Å². The number of aromatic nitrogens is 1. The highest BCUT2D eigenvalue weighted by atomic mass is 19.1. The zero-order valence-corrected chi connectivity index (χ0v) is 23.0. The summed E-state index contributed by atoms with van der Waals surface area (Å²) in [5.74, 6) is 0.685. The Labute approximate surface area is 232 Å². The number of hydrogen-bond acceptors (Lipinski definition) is 7. The number of nitrogens with zero attached hydrogens (tertiary/aromatic N) is 1. The predicted molar refractivity (Wildman–Crippen MR) is 146 cm³/mol. The van der Waals surface area contributed by atoms with Crippen LogP contribution in [0.25, 0.3) is 11.3 Å². The van der Waals surface area contributed by atoms with E-state index in [4.69, 9.17) is 19.2 Å². The molecule has 2 atom stereocenters. The van der Waals surface area contributed by atoms with E-state index in [-0.39, 0.29) is 42.9 Å². The molecule has 40 heavy (non-hydrogen) atoms. The van der Waals surface area contributed by atoms with E-state index in [0.717, 1.165) is 12.8 Å². The number of ether oxygens (including phenoxy) is 3. The molecule has 0 spiro atoms. The average Bonchev–Trinajstić information content (AvgIpc) is 3.71. The molecule has 0 radical (unpaired) electrons. The van der Waals surface area contributed by atoms with Crippen molar-refractivity contribution in [2.45, 2.75) is 56.7 Å². The van der Waals surface area contributed by atoms with Gasteiger partial charge in [-0.2, -0.15) is 0 Å². The molecule has 9 heteroatoms. The Morgan fingerprint density at radius 2 is 1.90 bits per heavy atom. The second-order valence-corrected chi connectivity index (χ2v) is 10.8. The summed E-state index contributed by atoms with van der Waals surface area (Å²) in [6, 6.07) is 12.5. The molecule has 8 nitrogen and oxygen atoms in total. The summed E-state index contributed by atoms with van der Waals surface area (Å²) in [7, 11) is 3.08. The third kappa shape index (κ3) is 5.25. The van der Waals surface area contributed by atoms with Gasteiger partial charge in [0.1, 0.15) is 34.9 Å². The number of pyridine rings is 1. The van der Waals surface area contributed by atoms with E-state index in [2.05, 4.69) is 5.32 Å². The minimum absolute atomic E-state index is 0.0346. The number of carbonyl (C=O) groups is 2. The van der Waals surface area contributed by atoms with Gasteiger partial charge in [0.2, 0.25) is 5.91 Å². The maximum Gasteiger partial charge on any atom is 0.233 e. The fraction of sp³-hybridized carbons (Fsp3) is 0.387. The maximum absolute atomic E-state index is 13.7. The van der Waals surface area contributed by atoms with Crippen molar-refractivity contribution in [3.63, 3.8) is 0 Å². The van der Waals surface area contributed by atoms with Crippen molar-refractivity contribution in [3.8, 4) is 28.5 Å². The number of halogens is 1. The molecule has 1 amide bonds. The first-order chi connectivity index (χ1) is 19.1. The molecule has 2 aromatic carbocycles.